The van der Waals surface area contributed by atoms with Crippen LogP contribution >= 0.6 is 0 Å². The third kappa shape index (κ3) is 3.52. The highest BCUT2D eigenvalue weighted by atomic mass is 16.7. The number of ether oxygens (including phenoxy) is 1. The molecule has 0 aromatic heterocycles. The molecule has 0 bridgehead atoms. The van der Waals surface area contributed by atoms with E-state index in [4.69, 9.17) is 14.0 Å². The van der Waals surface area contributed by atoms with E-state index < -0.39 is 7.32 Å². The topological polar surface area (TPSA) is 47.9 Å². The van der Waals surface area contributed by atoms with Crippen LogP contribution in [0.3, 0.4) is 0 Å². The van der Waals surface area contributed by atoms with Crippen LogP contribution in [0.2, 0.25) is 0 Å². The summed E-state index contributed by atoms with van der Waals surface area (Å²) < 4.78 is 15.8. The molecule has 0 amide bonds. The second-order valence-corrected chi connectivity index (χ2v) is 3.69. The molecule has 0 unspecified atom stereocenters. The number of hydrogen-bond acceptors (Lipinski definition) is 4. The smallest absolute Gasteiger partial charge is 0.512 e. The minimum absolute atomic E-state index is 0.0208. The predicted octanol–water partition coefficient (Wildman–Crippen LogP) is 1.24. The first kappa shape index (κ1) is 11.5. The van der Waals surface area contributed by atoms with Gasteiger partial charge in [0.1, 0.15) is 5.75 Å². The third-order valence-electron chi connectivity index (χ3n) is 2.46. The van der Waals surface area contributed by atoms with Gasteiger partial charge in [0.05, 0.1) is 6.10 Å². The molecule has 5 heteroatoms. The lowest BCUT2D eigenvalue weighted by atomic mass is 10.1. The van der Waals surface area contributed by atoms with E-state index in [0.717, 1.165) is 12.8 Å². The molecule has 16 heavy (non-hydrogen) atoms. The minimum atomic E-state index is -1.20. The summed E-state index contributed by atoms with van der Waals surface area (Å²) in [5, 5.41) is 9.57. The summed E-state index contributed by atoms with van der Waals surface area (Å²) in [6, 6.07) is 9.12. The van der Waals surface area contributed by atoms with Gasteiger partial charge in [0, 0.05) is 13.2 Å². The maximum Gasteiger partial charge on any atom is 0.710 e. The van der Waals surface area contributed by atoms with Crippen molar-refractivity contribution in [1.82, 2.24) is 0 Å². The number of rotatable bonds is 4. The van der Waals surface area contributed by atoms with Gasteiger partial charge in [-0.1, -0.05) is 18.2 Å². The molecule has 1 fully saturated rings. The van der Waals surface area contributed by atoms with Gasteiger partial charge in [0.15, 0.2) is 0 Å². The molecule has 0 aliphatic carbocycles. The molecule has 1 N–H and O–H groups in total. The lowest BCUT2D eigenvalue weighted by Gasteiger charge is -2.23. The molecule has 0 radical (unpaired) electrons. The number of para-hydroxylation sites is 1. The van der Waals surface area contributed by atoms with Crippen molar-refractivity contribution < 1.29 is 19.1 Å². The van der Waals surface area contributed by atoms with Crippen molar-refractivity contribution in [2.24, 2.45) is 0 Å². The first-order valence-corrected chi connectivity index (χ1v) is 5.47. The molecular weight excluding hydrogens is 207 g/mol. The van der Waals surface area contributed by atoms with Crippen LogP contribution in [0.1, 0.15) is 12.8 Å². The van der Waals surface area contributed by atoms with Crippen LogP contribution in [0.25, 0.3) is 0 Å². The second-order valence-electron chi connectivity index (χ2n) is 3.69. The van der Waals surface area contributed by atoms with E-state index in [2.05, 4.69) is 0 Å². The van der Waals surface area contributed by atoms with E-state index in [1.165, 1.54) is 0 Å². The van der Waals surface area contributed by atoms with Gasteiger partial charge in [-0.2, -0.15) is 0 Å². The van der Waals surface area contributed by atoms with Crippen molar-refractivity contribution in [3.63, 3.8) is 0 Å². The van der Waals surface area contributed by atoms with Crippen molar-refractivity contribution in [2.45, 2.75) is 18.9 Å². The molecule has 2 rings (SSSR count). The first-order chi connectivity index (χ1) is 7.84. The molecule has 1 aromatic rings. The summed E-state index contributed by atoms with van der Waals surface area (Å²) in [5.74, 6) is 0.599. The van der Waals surface area contributed by atoms with E-state index in [1.807, 2.05) is 18.2 Å². The van der Waals surface area contributed by atoms with Gasteiger partial charge in [0.2, 0.25) is 0 Å². The molecule has 1 aliphatic heterocycles. The van der Waals surface area contributed by atoms with Gasteiger partial charge in [-0.05, 0) is 25.0 Å². The average molecular weight is 222 g/mol. The van der Waals surface area contributed by atoms with Gasteiger partial charge in [-0.3, -0.25) is 0 Å². The number of hydrogen-bond donors (Lipinski definition) is 1. The fraction of sp³-hybridized carbons (Fsp3) is 0.455. The lowest BCUT2D eigenvalue weighted by molar-refractivity contribution is 0.00717. The third-order valence-corrected chi connectivity index (χ3v) is 2.46. The Morgan fingerprint density at radius 1 is 1.19 bits per heavy atom. The molecule has 1 heterocycles. The fourth-order valence-electron chi connectivity index (χ4n) is 1.62. The zero-order valence-corrected chi connectivity index (χ0v) is 9.04. The van der Waals surface area contributed by atoms with Gasteiger partial charge in [-0.25, -0.2) is 0 Å². The summed E-state index contributed by atoms with van der Waals surface area (Å²) >= 11 is 0. The maximum atomic E-state index is 9.57. The normalized spacial score (nSPS) is 17.1. The van der Waals surface area contributed by atoms with E-state index >= 15 is 0 Å². The van der Waals surface area contributed by atoms with Crippen molar-refractivity contribution in [2.75, 3.05) is 13.2 Å². The van der Waals surface area contributed by atoms with Crippen LogP contribution in [0, 0.1) is 0 Å². The Hall–Kier alpha value is -1.04. The largest absolute Gasteiger partial charge is 0.710 e. The van der Waals surface area contributed by atoms with E-state index in [9.17, 15) is 5.02 Å². The van der Waals surface area contributed by atoms with Crippen LogP contribution in [0.4, 0.5) is 0 Å². The molecule has 0 saturated carbocycles. The van der Waals surface area contributed by atoms with Crippen LogP contribution in [0.15, 0.2) is 30.3 Å². The highest BCUT2D eigenvalue weighted by molar-refractivity contribution is 6.35. The molecule has 1 aromatic carbocycles. The van der Waals surface area contributed by atoms with Crippen LogP contribution in [-0.4, -0.2) is 31.7 Å². The van der Waals surface area contributed by atoms with E-state index in [0.29, 0.717) is 19.0 Å². The molecule has 4 nitrogen and oxygen atoms in total. The van der Waals surface area contributed by atoms with E-state index in [1.54, 1.807) is 12.1 Å². The Bertz CT molecular complexity index is 300. The SMILES string of the molecule is OB(Oc1ccccc1)OC1CCOCC1. The van der Waals surface area contributed by atoms with Gasteiger partial charge in [0.25, 0.3) is 0 Å². The highest BCUT2D eigenvalue weighted by Crippen LogP contribution is 2.14. The zero-order valence-electron chi connectivity index (χ0n) is 9.04. The summed E-state index contributed by atoms with van der Waals surface area (Å²) in [5.41, 5.74) is 0. The lowest BCUT2D eigenvalue weighted by Crippen LogP contribution is -2.34. The summed E-state index contributed by atoms with van der Waals surface area (Å²) in [6.45, 7) is 1.37. The first-order valence-electron chi connectivity index (χ1n) is 5.47. The van der Waals surface area contributed by atoms with Crippen molar-refractivity contribution in [1.29, 1.82) is 0 Å². The highest BCUT2D eigenvalue weighted by Gasteiger charge is 2.25. The Kier molecular flexibility index (Phi) is 4.21. The van der Waals surface area contributed by atoms with Crippen LogP contribution < -0.4 is 4.65 Å². The quantitative estimate of drug-likeness (QED) is 0.778. The Balaban J connectivity index is 1.77. The van der Waals surface area contributed by atoms with Gasteiger partial charge < -0.3 is 19.1 Å². The molecule has 0 spiro atoms. The summed E-state index contributed by atoms with van der Waals surface area (Å²) in [6.07, 6.45) is 1.62. The van der Waals surface area contributed by atoms with Gasteiger partial charge in [-0.15, -0.1) is 0 Å². The van der Waals surface area contributed by atoms with E-state index in [-0.39, 0.29) is 6.10 Å². The monoisotopic (exact) mass is 222 g/mol. The summed E-state index contributed by atoms with van der Waals surface area (Å²) in [7, 11) is -1.20. The van der Waals surface area contributed by atoms with Crippen LogP contribution in [-0.2, 0) is 9.39 Å². The minimum Gasteiger partial charge on any atom is -0.512 e. The van der Waals surface area contributed by atoms with Crippen molar-refractivity contribution in [3.05, 3.63) is 30.3 Å². The van der Waals surface area contributed by atoms with Crippen molar-refractivity contribution in [3.8, 4) is 5.75 Å². The van der Waals surface area contributed by atoms with Crippen molar-refractivity contribution >= 4 is 7.32 Å². The maximum absolute atomic E-state index is 9.57. The fourth-order valence-corrected chi connectivity index (χ4v) is 1.62. The Labute approximate surface area is 95.3 Å². The Morgan fingerprint density at radius 2 is 1.88 bits per heavy atom. The molecule has 86 valence electrons. The zero-order chi connectivity index (χ0) is 11.2. The standard InChI is InChI=1S/C11H15BO4/c13-12(15-10-4-2-1-3-5-10)16-11-6-8-14-9-7-11/h1-5,11,13H,6-9H2. The van der Waals surface area contributed by atoms with Gasteiger partial charge >= 0.3 is 7.32 Å². The summed E-state index contributed by atoms with van der Waals surface area (Å²) in [4.78, 5) is 0. The average Bonchev–Trinajstić information content (AvgIpc) is 2.31. The molecule has 0 atom stereocenters. The molecule has 1 aliphatic rings. The van der Waals surface area contributed by atoms with Crippen LogP contribution in [0.5, 0.6) is 5.75 Å². The Morgan fingerprint density at radius 3 is 2.56 bits per heavy atom. The second kappa shape index (κ2) is 5.89. The predicted molar refractivity (Wildman–Crippen MR) is 60.0 cm³/mol. The number of benzene rings is 1. The molecular formula is C11H15BO4. The molecule has 1 saturated heterocycles.